The van der Waals surface area contributed by atoms with Gasteiger partial charge in [-0.3, -0.25) is 0 Å². The summed E-state index contributed by atoms with van der Waals surface area (Å²) in [7, 11) is 1.58. The predicted octanol–water partition coefficient (Wildman–Crippen LogP) is 3.70. The van der Waals surface area contributed by atoms with Crippen LogP contribution in [0.2, 0.25) is 0 Å². The van der Waals surface area contributed by atoms with Crippen LogP contribution in [0, 0.1) is 5.82 Å². The molecule has 2 rings (SSSR count). The SMILES string of the molecule is CCNc1cc(Nc2cc(F)ccc2Br)nc(COC)n1. The number of nitrogens with zero attached hydrogens (tertiary/aromatic N) is 2. The van der Waals surface area contributed by atoms with Gasteiger partial charge in [0.05, 0.1) is 5.69 Å². The van der Waals surface area contributed by atoms with E-state index in [-0.39, 0.29) is 5.82 Å². The lowest BCUT2D eigenvalue weighted by atomic mass is 10.3. The second-order valence-corrected chi connectivity index (χ2v) is 5.12. The van der Waals surface area contributed by atoms with E-state index < -0.39 is 0 Å². The zero-order chi connectivity index (χ0) is 15.2. The van der Waals surface area contributed by atoms with Crippen LogP contribution < -0.4 is 10.6 Å². The van der Waals surface area contributed by atoms with E-state index in [1.807, 2.05) is 6.92 Å². The molecular formula is C14H16BrFN4O. The Morgan fingerprint density at radius 1 is 1.24 bits per heavy atom. The minimum Gasteiger partial charge on any atom is -0.377 e. The molecule has 0 amide bonds. The van der Waals surface area contributed by atoms with Crippen LogP contribution >= 0.6 is 15.9 Å². The van der Waals surface area contributed by atoms with Gasteiger partial charge in [0.25, 0.3) is 0 Å². The standard InChI is InChI=1S/C14H16BrFN4O/c1-3-17-12-7-13(20-14(19-12)8-21-2)18-11-6-9(16)4-5-10(11)15/h4-7H,3,8H2,1-2H3,(H2,17,18,19,20). The number of halogens is 2. The summed E-state index contributed by atoms with van der Waals surface area (Å²) in [6.07, 6.45) is 0. The Morgan fingerprint density at radius 3 is 2.71 bits per heavy atom. The second kappa shape index (κ2) is 7.33. The van der Waals surface area contributed by atoms with Crippen LogP contribution in [-0.4, -0.2) is 23.6 Å². The molecule has 0 aliphatic rings. The van der Waals surface area contributed by atoms with E-state index in [0.717, 1.165) is 11.0 Å². The molecule has 0 unspecified atom stereocenters. The highest BCUT2D eigenvalue weighted by molar-refractivity contribution is 9.10. The summed E-state index contributed by atoms with van der Waals surface area (Å²) in [5.41, 5.74) is 0.597. The molecule has 21 heavy (non-hydrogen) atoms. The van der Waals surface area contributed by atoms with Crippen molar-refractivity contribution in [2.75, 3.05) is 24.3 Å². The Labute approximate surface area is 131 Å². The van der Waals surface area contributed by atoms with Gasteiger partial charge in [-0.15, -0.1) is 0 Å². The molecule has 0 aliphatic heterocycles. The number of anilines is 3. The van der Waals surface area contributed by atoms with Crippen LogP contribution in [0.25, 0.3) is 0 Å². The third kappa shape index (κ3) is 4.37. The van der Waals surface area contributed by atoms with Gasteiger partial charge in [-0.2, -0.15) is 0 Å². The van der Waals surface area contributed by atoms with Crippen molar-refractivity contribution in [3.63, 3.8) is 0 Å². The van der Waals surface area contributed by atoms with Crippen LogP contribution in [0.4, 0.5) is 21.7 Å². The fourth-order valence-corrected chi connectivity index (χ4v) is 2.10. The summed E-state index contributed by atoms with van der Waals surface area (Å²) in [5, 5.41) is 6.20. The molecule has 1 aromatic carbocycles. The number of benzene rings is 1. The molecule has 0 spiro atoms. The van der Waals surface area contributed by atoms with Crippen LogP contribution in [0.5, 0.6) is 0 Å². The number of ether oxygens (including phenoxy) is 1. The third-order valence-electron chi connectivity index (χ3n) is 2.59. The number of nitrogens with one attached hydrogen (secondary N) is 2. The quantitative estimate of drug-likeness (QED) is 0.828. The summed E-state index contributed by atoms with van der Waals surface area (Å²) in [6.45, 7) is 3.03. The Kier molecular flexibility index (Phi) is 5.46. The maximum Gasteiger partial charge on any atom is 0.158 e. The largest absolute Gasteiger partial charge is 0.377 e. The van der Waals surface area contributed by atoms with Gasteiger partial charge in [-0.1, -0.05) is 0 Å². The molecule has 0 aliphatic carbocycles. The summed E-state index contributed by atoms with van der Waals surface area (Å²) in [5.74, 6) is 1.48. The molecular weight excluding hydrogens is 339 g/mol. The predicted molar refractivity (Wildman–Crippen MR) is 84.3 cm³/mol. The van der Waals surface area contributed by atoms with E-state index in [0.29, 0.717) is 29.8 Å². The van der Waals surface area contributed by atoms with Crippen molar-refractivity contribution in [1.29, 1.82) is 0 Å². The van der Waals surface area contributed by atoms with Gasteiger partial charge >= 0.3 is 0 Å². The summed E-state index contributed by atoms with van der Waals surface area (Å²) in [4.78, 5) is 8.66. The monoisotopic (exact) mass is 354 g/mol. The minimum absolute atomic E-state index is 0.304. The van der Waals surface area contributed by atoms with E-state index in [9.17, 15) is 4.39 Å². The molecule has 2 aromatic rings. The molecule has 0 fully saturated rings. The maximum absolute atomic E-state index is 13.3. The maximum atomic E-state index is 13.3. The molecule has 7 heteroatoms. The fourth-order valence-electron chi connectivity index (χ4n) is 1.76. The zero-order valence-electron chi connectivity index (χ0n) is 11.8. The van der Waals surface area contributed by atoms with Crippen LogP contribution in [0.1, 0.15) is 12.7 Å². The van der Waals surface area contributed by atoms with Gasteiger partial charge < -0.3 is 15.4 Å². The molecule has 0 atom stereocenters. The Balaban J connectivity index is 2.31. The van der Waals surface area contributed by atoms with Gasteiger partial charge in [0.15, 0.2) is 5.82 Å². The van der Waals surface area contributed by atoms with E-state index in [1.165, 1.54) is 12.1 Å². The van der Waals surface area contributed by atoms with Crippen molar-refractivity contribution in [1.82, 2.24) is 9.97 Å². The lowest BCUT2D eigenvalue weighted by Crippen LogP contribution is -2.07. The van der Waals surface area contributed by atoms with E-state index in [4.69, 9.17) is 4.74 Å². The minimum atomic E-state index is -0.321. The van der Waals surface area contributed by atoms with Gasteiger partial charge in [0.2, 0.25) is 0 Å². The summed E-state index contributed by atoms with van der Waals surface area (Å²) < 4.78 is 19.1. The molecule has 0 bridgehead atoms. The highest BCUT2D eigenvalue weighted by atomic mass is 79.9. The van der Waals surface area contributed by atoms with Crippen molar-refractivity contribution >= 4 is 33.3 Å². The van der Waals surface area contributed by atoms with Crippen molar-refractivity contribution in [2.45, 2.75) is 13.5 Å². The molecule has 1 aromatic heterocycles. The number of hydrogen-bond donors (Lipinski definition) is 2. The fraction of sp³-hybridized carbons (Fsp3) is 0.286. The summed E-state index contributed by atoms with van der Waals surface area (Å²) >= 11 is 3.37. The molecule has 0 saturated heterocycles. The Morgan fingerprint density at radius 2 is 2.00 bits per heavy atom. The van der Waals surface area contributed by atoms with E-state index >= 15 is 0 Å². The first-order chi connectivity index (χ1) is 10.1. The average Bonchev–Trinajstić information content (AvgIpc) is 2.43. The Bertz CT molecular complexity index is 600. The van der Waals surface area contributed by atoms with Crippen molar-refractivity contribution < 1.29 is 9.13 Å². The Hall–Kier alpha value is -1.73. The zero-order valence-corrected chi connectivity index (χ0v) is 13.4. The van der Waals surface area contributed by atoms with Crippen molar-refractivity contribution in [3.8, 4) is 0 Å². The highest BCUT2D eigenvalue weighted by Gasteiger charge is 2.07. The van der Waals surface area contributed by atoms with E-state index in [2.05, 4.69) is 36.5 Å². The molecule has 0 radical (unpaired) electrons. The first-order valence-electron chi connectivity index (χ1n) is 6.45. The van der Waals surface area contributed by atoms with Crippen molar-refractivity contribution in [3.05, 3.63) is 40.4 Å². The molecule has 112 valence electrons. The van der Waals surface area contributed by atoms with Crippen LogP contribution in [0.15, 0.2) is 28.7 Å². The molecule has 5 nitrogen and oxygen atoms in total. The first-order valence-corrected chi connectivity index (χ1v) is 7.24. The smallest absolute Gasteiger partial charge is 0.158 e. The highest BCUT2D eigenvalue weighted by Crippen LogP contribution is 2.26. The number of aromatic nitrogens is 2. The van der Waals surface area contributed by atoms with Gasteiger partial charge in [0.1, 0.15) is 24.1 Å². The van der Waals surface area contributed by atoms with Crippen molar-refractivity contribution in [2.24, 2.45) is 0 Å². The molecule has 0 saturated carbocycles. The third-order valence-corrected chi connectivity index (χ3v) is 3.29. The molecule has 1 heterocycles. The molecule has 2 N–H and O–H groups in total. The lowest BCUT2D eigenvalue weighted by Gasteiger charge is -2.11. The first kappa shape index (κ1) is 15.7. The second-order valence-electron chi connectivity index (χ2n) is 4.27. The van der Waals surface area contributed by atoms with Gasteiger partial charge in [-0.25, -0.2) is 14.4 Å². The van der Waals surface area contributed by atoms with Gasteiger partial charge in [0, 0.05) is 24.2 Å². The van der Waals surface area contributed by atoms with E-state index in [1.54, 1.807) is 19.2 Å². The topological polar surface area (TPSA) is 59.1 Å². The summed E-state index contributed by atoms with van der Waals surface area (Å²) in [6, 6.07) is 6.19. The normalized spacial score (nSPS) is 10.5. The number of rotatable bonds is 6. The average molecular weight is 355 g/mol. The number of methoxy groups -OCH3 is 1. The van der Waals surface area contributed by atoms with Crippen LogP contribution in [0.3, 0.4) is 0 Å². The lowest BCUT2D eigenvalue weighted by molar-refractivity contribution is 0.178. The van der Waals surface area contributed by atoms with Crippen LogP contribution in [-0.2, 0) is 11.3 Å². The number of hydrogen-bond acceptors (Lipinski definition) is 5. The van der Waals surface area contributed by atoms with Gasteiger partial charge in [-0.05, 0) is 41.1 Å².